The van der Waals surface area contributed by atoms with Gasteiger partial charge in [-0.1, -0.05) is 0 Å². The van der Waals surface area contributed by atoms with Crippen molar-refractivity contribution in [1.82, 2.24) is 9.88 Å². The van der Waals surface area contributed by atoms with Gasteiger partial charge >= 0.3 is 0 Å². The van der Waals surface area contributed by atoms with E-state index in [0.29, 0.717) is 23.6 Å². The van der Waals surface area contributed by atoms with E-state index in [4.69, 9.17) is 9.47 Å². The maximum atomic E-state index is 13.0. The zero-order chi connectivity index (χ0) is 18.3. The Morgan fingerprint density at radius 3 is 2.77 bits per heavy atom. The van der Waals surface area contributed by atoms with Gasteiger partial charge in [-0.15, -0.1) is 0 Å². The molecular formula is C19H17N3O4. The highest BCUT2D eigenvalue weighted by molar-refractivity contribution is 6.05. The fourth-order valence-corrected chi connectivity index (χ4v) is 3.16. The number of phenolic OH excluding ortho intramolecular Hbond substituents is 1. The molecule has 2 aromatic rings. The second-order valence-electron chi connectivity index (χ2n) is 6.05. The summed E-state index contributed by atoms with van der Waals surface area (Å²) < 4.78 is 10.2. The molecule has 2 aliphatic heterocycles. The summed E-state index contributed by atoms with van der Waals surface area (Å²) in [6.07, 6.45) is 5.93. The molecule has 0 radical (unpaired) electrons. The summed E-state index contributed by atoms with van der Waals surface area (Å²) in [5.41, 5.74) is 2.76. The van der Waals surface area contributed by atoms with Gasteiger partial charge in [0.25, 0.3) is 5.91 Å². The number of carbonyl (C=O) groups excluding carboxylic acids is 1. The topological polar surface area (TPSA) is 84.2 Å². The van der Waals surface area contributed by atoms with Crippen molar-refractivity contribution in [3.05, 3.63) is 47.8 Å². The van der Waals surface area contributed by atoms with Crippen LogP contribution in [0.2, 0.25) is 0 Å². The van der Waals surface area contributed by atoms with Gasteiger partial charge in [-0.05, 0) is 23.3 Å². The van der Waals surface area contributed by atoms with Crippen molar-refractivity contribution in [2.45, 2.75) is 12.5 Å². The predicted molar refractivity (Wildman–Crippen MR) is 96.2 cm³/mol. The minimum Gasteiger partial charge on any atom is -0.504 e. The largest absolute Gasteiger partial charge is 0.504 e. The van der Waals surface area contributed by atoms with Gasteiger partial charge in [0.15, 0.2) is 11.5 Å². The first-order chi connectivity index (χ1) is 12.6. The maximum absolute atomic E-state index is 13.0. The number of aliphatic imine (C=N–C) groups is 1. The highest BCUT2D eigenvalue weighted by atomic mass is 16.5. The molecule has 1 unspecified atom stereocenters. The van der Waals surface area contributed by atoms with Crippen molar-refractivity contribution >= 4 is 23.4 Å². The van der Waals surface area contributed by atoms with Gasteiger partial charge in [-0.3, -0.25) is 9.79 Å². The number of fused-ring (bicyclic) bond motifs is 2. The molecule has 0 spiro atoms. The fourth-order valence-electron chi connectivity index (χ4n) is 3.16. The molecule has 0 aliphatic carbocycles. The zero-order valence-electron chi connectivity index (χ0n) is 14.3. The Morgan fingerprint density at radius 1 is 1.23 bits per heavy atom. The molecule has 0 saturated heterocycles. The monoisotopic (exact) mass is 351 g/mol. The molecule has 7 nitrogen and oxygen atoms in total. The van der Waals surface area contributed by atoms with E-state index in [0.717, 1.165) is 11.1 Å². The van der Waals surface area contributed by atoms with E-state index in [-0.39, 0.29) is 23.4 Å². The zero-order valence-corrected chi connectivity index (χ0v) is 14.3. The second kappa shape index (κ2) is 6.18. The van der Waals surface area contributed by atoms with Crippen LogP contribution in [0.25, 0.3) is 5.57 Å². The predicted octanol–water partition coefficient (Wildman–Crippen LogP) is 2.78. The average molecular weight is 351 g/mol. The standard InChI is InChI=1S/C19H17N3O4/c1-25-17-6-14-15(7-16(17)23)20-9-13-5-12(10-22(13)19(14)24)11-3-4-18(26-2)21-8-11/h3-4,6-10,13,23H,5H2,1-2H3. The minimum atomic E-state index is -0.183. The summed E-state index contributed by atoms with van der Waals surface area (Å²) in [6, 6.07) is 6.50. The number of ether oxygens (including phenoxy) is 2. The lowest BCUT2D eigenvalue weighted by Gasteiger charge is -2.18. The molecule has 1 aromatic heterocycles. The summed E-state index contributed by atoms with van der Waals surface area (Å²) in [5, 5.41) is 9.93. The molecular weight excluding hydrogens is 334 g/mol. The fraction of sp³-hybridized carbons (Fsp3) is 0.211. The van der Waals surface area contributed by atoms with Crippen molar-refractivity contribution in [1.29, 1.82) is 0 Å². The Kier molecular flexibility index (Phi) is 3.84. The van der Waals surface area contributed by atoms with Crippen LogP contribution in [0, 0.1) is 0 Å². The van der Waals surface area contributed by atoms with Crippen molar-refractivity contribution in [3.63, 3.8) is 0 Å². The normalized spacial score (nSPS) is 18.1. The number of phenols is 1. The van der Waals surface area contributed by atoms with E-state index >= 15 is 0 Å². The van der Waals surface area contributed by atoms with Crippen LogP contribution in [0.15, 0.2) is 41.7 Å². The average Bonchev–Trinajstić information content (AvgIpc) is 3.05. The lowest BCUT2D eigenvalue weighted by molar-refractivity contribution is 0.0817. The smallest absolute Gasteiger partial charge is 0.260 e. The van der Waals surface area contributed by atoms with Gasteiger partial charge < -0.3 is 19.5 Å². The van der Waals surface area contributed by atoms with E-state index < -0.39 is 0 Å². The quantitative estimate of drug-likeness (QED) is 0.919. The number of nitrogens with zero attached hydrogens (tertiary/aromatic N) is 3. The van der Waals surface area contributed by atoms with Crippen molar-refractivity contribution < 1.29 is 19.4 Å². The molecule has 26 heavy (non-hydrogen) atoms. The summed E-state index contributed by atoms with van der Waals surface area (Å²) in [4.78, 5) is 23.3. The molecule has 0 fully saturated rings. The minimum absolute atomic E-state index is 0.0428. The van der Waals surface area contributed by atoms with E-state index in [2.05, 4.69) is 9.98 Å². The Bertz CT molecular complexity index is 935. The first-order valence-corrected chi connectivity index (χ1v) is 8.09. The van der Waals surface area contributed by atoms with Gasteiger partial charge in [0.1, 0.15) is 0 Å². The molecule has 1 atom stereocenters. The molecule has 0 saturated carbocycles. The first-order valence-electron chi connectivity index (χ1n) is 8.09. The Hall–Kier alpha value is -3.35. The third-order valence-electron chi connectivity index (χ3n) is 4.55. The summed E-state index contributed by atoms with van der Waals surface area (Å²) in [7, 11) is 3.01. The van der Waals surface area contributed by atoms with Gasteiger partial charge in [0.05, 0.1) is 31.5 Å². The summed E-state index contributed by atoms with van der Waals surface area (Å²) in [5.74, 6) is 0.560. The number of hydrogen-bond donors (Lipinski definition) is 1. The molecule has 132 valence electrons. The number of benzene rings is 1. The molecule has 1 amide bonds. The second-order valence-corrected chi connectivity index (χ2v) is 6.05. The van der Waals surface area contributed by atoms with Crippen LogP contribution in [-0.4, -0.2) is 47.4 Å². The summed E-state index contributed by atoms with van der Waals surface area (Å²) >= 11 is 0. The molecule has 1 N–H and O–H groups in total. The van der Waals surface area contributed by atoms with Gasteiger partial charge in [-0.25, -0.2) is 4.98 Å². The number of rotatable bonds is 3. The van der Waals surface area contributed by atoms with Gasteiger partial charge in [0.2, 0.25) is 5.88 Å². The van der Waals surface area contributed by atoms with Crippen molar-refractivity contribution in [3.8, 4) is 17.4 Å². The van der Waals surface area contributed by atoms with Crippen LogP contribution in [0.4, 0.5) is 5.69 Å². The Labute approximate surface area is 150 Å². The van der Waals surface area contributed by atoms with Gasteiger partial charge in [0, 0.05) is 37.2 Å². The molecule has 1 aromatic carbocycles. The molecule has 3 heterocycles. The first kappa shape index (κ1) is 16.1. The molecule has 0 bridgehead atoms. The van der Waals surface area contributed by atoms with Crippen LogP contribution < -0.4 is 9.47 Å². The number of aromatic nitrogens is 1. The van der Waals surface area contributed by atoms with Crippen molar-refractivity contribution in [2.75, 3.05) is 14.2 Å². The Balaban J connectivity index is 1.70. The van der Waals surface area contributed by atoms with E-state index in [9.17, 15) is 9.90 Å². The number of methoxy groups -OCH3 is 2. The van der Waals surface area contributed by atoms with Crippen LogP contribution in [0.3, 0.4) is 0 Å². The van der Waals surface area contributed by atoms with E-state index in [1.165, 1.54) is 19.2 Å². The molecule has 7 heteroatoms. The lowest BCUT2D eigenvalue weighted by atomic mass is 10.0. The number of hydrogen-bond acceptors (Lipinski definition) is 6. The highest BCUT2D eigenvalue weighted by Crippen LogP contribution is 2.39. The molecule has 2 aliphatic rings. The van der Waals surface area contributed by atoms with Gasteiger partial charge in [-0.2, -0.15) is 0 Å². The number of aromatic hydroxyl groups is 1. The van der Waals surface area contributed by atoms with Crippen molar-refractivity contribution in [2.24, 2.45) is 4.99 Å². The molecule has 4 rings (SSSR count). The maximum Gasteiger partial charge on any atom is 0.260 e. The third kappa shape index (κ3) is 2.57. The van der Waals surface area contributed by atoms with E-state index in [1.54, 1.807) is 30.5 Å². The van der Waals surface area contributed by atoms with E-state index in [1.807, 2.05) is 12.3 Å². The number of pyridine rings is 1. The van der Waals surface area contributed by atoms with Crippen LogP contribution in [0.5, 0.6) is 17.4 Å². The van der Waals surface area contributed by atoms with Crippen LogP contribution in [0.1, 0.15) is 22.3 Å². The van der Waals surface area contributed by atoms with Crippen LogP contribution in [-0.2, 0) is 0 Å². The van der Waals surface area contributed by atoms with Crippen LogP contribution >= 0.6 is 0 Å². The highest BCUT2D eigenvalue weighted by Gasteiger charge is 2.33. The lowest BCUT2D eigenvalue weighted by Crippen LogP contribution is -2.32. The number of amides is 1. The number of carbonyl (C=O) groups is 1. The SMILES string of the molecule is COc1ccc(C2=CN3C(=O)c4cc(OC)c(O)cc4N=CC3C2)cn1. The Morgan fingerprint density at radius 2 is 2.08 bits per heavy atom. The third-order valence-corrected chi connectivity index (χ3v) is 4.55. The summed E-state index contributed by atoms with van der Waals surface area (Å²) in [6.45, 7) is 0.